The molecule has 0 radical (unpaired) electrons. The van der Waals surface area contributed by atoms with E-state index in [0.29, 0.717) is 57.0 Å². The molecule has 9 nitrogen and oxygen atoms in total. The van der Waals surface area contributed by atoms with E-state index < -0.39 is 21.8 Å². The smallest absolute Gasteiger partial charge is 0.250 e. The standard InChI is InChI=1S/C30H33ClN4O5S2/c1-18(22-7-4-8-26(28(22)31)39-15-20-6-5-11-34(20)2)40-27-14-21(13-23(29(27)41)30(32)36)35-17-33-24-10-9-19(12-25(24)35)16-42(3,37)38/h4,7-10,12-14,17-18,20,41H,5-6,11,15-16H2,1-3H3,(H2,32,36)/t18-,20-/m1/s1. The molecule has 0 spiro atoms. The third-order valence-electron chi connectivity index (χ3n) is 7.48. The van der Waals surface area contributed by atoms with Gasteiger partial charge in [-0.05, 0) is 63.2 Å². The van der Waals surface area contributed by atoms with Crippen molar-refractivity contribution in [3.63, 3.8) is 0 Å². The predicted octanol–water partition coefficient (Wildman–Crippen LogP) is 5.22. The van der Waals surface area contributed by atoms with E-state index in [9.17, 15) is 13.2 Å². The number of fused-ring (bicyclic) bond motifs is 1. The zero-order valence-corrected chi connectivity index (χ0v) is 26.0. The number of nitrogens with two attached hydrogens (primary N) is 1. The number of amides is 1. The maximum atomic E-state index is 12.4. The fourth-order valence-electron chi connectivity index (χ4n) is 5.24. The summed E-state index contributed by atoms with van der Waals surface area (Å²) in [6.07, 6.45) is 4.49. The second kappa shape index (κ2) is 12.2. The fraction of sp³-hybridized carbons (Fsp3) is 0.333. The van der Waals surface area contributed by atoms with Crippen LogP contribution in [0.3, 0.4) is 0 Å². The molecule has 2 atom stereocenters. The zero-order chi connectivity index (χ0) is 30.2. The third kappa shape index (κ3) is 6.54. The molecule has 1 amide bonds. The quantitative estimate of drug-likeness (QED) is 0.231. The van der Waals surface area contributed by atoms with Gasteiger partial charge in [0.05, 0.1) is 38.0 Å². The molecule has 1 aliphatic heterocycles. The van der Waals surface area contributed by atoms with Crippen molar-refractivity contribution in [2.24, 2.45) is 5.73 Å². The third-order valence-corrected chi connectivity index (χ3v) is 9.20. The largest absolute Gasteiger partial charge is 0.490 e. The van der Waals surface area contributed by atoms with Gasteiger partial charge in [-0.1, -0.05) is 29.8 Å². The van der Waals surface area contributed by atoms with Crippen LogP contribution in [0, 0.1) is 0 Å². The number of likely N-dealkylation sites (tertiary alicyclic amines) is 1. The number of hydrogen-bond donors (Lipinski definition) is 2. The van der Waals surface area contributed by atoms with E-state index in [-0.39, 0.29) is 16.2 Å². The first kappa shape index (κ1) is 30.2. The van der Waals surface area contributed by atoms with E-state index in [2.05, 4.69) is 29.6 Å². The first-order valence-corrected chi connectivity index (χ1v) is 16.4. The van der Waals surface area contributed by atoms with Crippen LogP contribution in [0.5, 0.6) is 11.5 Å². The Kier molecular flexibility index (Phi) is 8.75. The van der Waals surface area contributed by atoms with Crippen molar-refractivity contribution >= 4 is 51.0 Å². The van der Waals surface area contributed by atoms with Crippen LogP contribution in [0.15, 0.2) is 59.8 Å². The Balaban J connectivity index is 1.47. The molecule has 2 heterocycles. The van der Waals surface area contributed by atoms with Gasteiger partial charge in [0.15, 0.2) is 9.84 Å². The van der Waals surface area contributed by atoms with Gasteiger partial charge in [-0.15, -0.1) is 12.6 Å². The summed E-state index contributed by atoms with van der Waals surface area (Å²) in [4.78, 5) is 19.4. The van der Waals surface area contributed by atoms with Crippen molar-refractivity contribution in [1.82, 2.24) is 14.5 Å². The molecule has 0 aliphatic carbocycles. The number of ether oxygens (including phenoxy) is 2. The molecule has 4 aromatic rings. The number of sulfone groups is 1. The molecule has 0 unspecified atom stereocenters. The second-order valence-corrected chi connectivity index (χ2v) is 13.7. The Morgan fingerprint density at radius 2 is 2.00 bits per heavy atom. The number of thiol groups is 1. The average Bonchev–Trinajstić information content (AvgIpc) is 3.53. The lowest BCUT2D eigenvalue weighted by Crippen LogP contribution is -2.30. The van der Waals surface area contributed by atoms with E-state index in [1.54, 1.807) is 41.2 Å². The number of primary amides is 1. The highest BCUT2D eigenvalue weighted by Crippen LogP contribution is 2.38. The van der Waals surface area contributed by atoms with Crippen LogP contribution in [0.4, 0.5) is 0 Å². The summed E-state index contributed by atoms with van der Waals surface area (Å²) in [5.74, 6) is 0.119. The minimum Gasteiger partial charge on any atom is -0.490 e. The number of carbonyl (C=O) groups excluding carboxylic acids is 1. The van der Waals surface area contributed by atoms with Crippen molar-refractivity contribution in [2.45, 2.75) is 42.6 Å². The van der Waals surface area contributed by atoms with Crippen molar-refractivity contribution in [3.05, 3.63) is 76.6 Å². The number of nitrogens with zero attached hydrogens (tertiary/aromatic N) is 3. The summed E-state index contributed by atoms with van der Waals surface area (Å²) >= 11 is 11.4. The van der Waals surface area contributed by atoms with E-state index in [1.165, 1.54) is 6.26 Å². The van der Waals surface area contributed by atoms with Gasteiger partial charge in [-0.3, -0.25) is 9.36 Å². The molecule has 12 heteroatoms. The molecule has 5 rings (SSSR count). The molecule has 0 bridgehead atoms. The molecule has 1 fully saturated rings. The molecule has 3 aromatic carbocycles. The normalized spacial score (nSPS) is 16.5. The van der Waals surface area contributed by atoms with Crippen LogP contribution in [0.1, 0.15) is 47.4 Å². The maximum Gasteiger partial charge on any atom is 0.250 e. The number of benzene rings is 3. The fourth-order valence-corrected chi connectivity index (χ4v) is 6.66. The SMILES string of the molecule is C[C@@H](Oc1cc(-n2cnc3ccc(CS(C)(=O)=O)cc32)cc(C(N)=O)c1S)c1cccc(OC[C@H]2CCCN2C)c1Cl. The lowest BCUT2D eigenvalue weighted by atomic mass is 10.1. The van der Waals surface area contributed by atoms with Crippen molar-refractivity contribution in [2.75, 3.05) is 26.5 Å². The first-order valence-electron chi connectivity index (χ1n) is 13.5. The van der Waals surface area contributed by atoms with Crippen LogP contribution >= 0.6 is 24.2 Å². The average molecular weight is 629 g/mol. The van der Waals surface area contributed by atoms with Gasteiger partial charge in [0.1, 0.15) is 30.5 Å². The molecular formula is C30H33ClN4O5S2. The Morgan fingerprint density at radius 1 is 1.21 bits per heavy atom. The number of rotatable bonds is 10. The minimum absolute atomic E-state index is 0.108. The van der Waals surface area contributed by atoms with E-state index in [0.717, 1.165) is 19.4 Å². The lowest BCUT2D eigenvalue weighted by Gasteiger charge is -2.22. The summed E-state index contributed by atoms with van der Waals surface area (Å²) in [5.41, 5.74) is 9.08. The number of carbonyl (C=O) groups is 1. The Labute approximate surface area is 255 Å². The van der Waals surface area contributed by atoms with E-state index in [1.807, 2.05) is 25.1 Å². The number of aromatic nitrogens is 2. The van der Waals surface area contributed by atoms with Gasteiger partial charge in [-0.25, -0.2) is 13.4 Å². The highest BCUT2D eigenvalue weighted by Gasteiger charge is 2.23. The molecule has 1 aromatic heterocycles. The lowest BCUT2D eigenvalue weighted by molar-refractivity contribution is 0.0996. The van der Waals surface area contributed by atoms with Crippen LogP contribution in [0.25, 0.3) is 16.7 Å². The number of likely N-dealkylation sites (N-methyl/N-ethyl adjacent to an activating group) is 1. The summed E-state index contributed by atoms with van der Waals surface area (Å²) in [6.45, 7) is 3.45. The minimum atomic E-state index is -3.24. The number of halogens is 1. The molecule has 2 N–H and O–H groups in total. The highest BCUT2D eigenvalue weighted by atomic mass is 35.5. The topological polar surface area (TPSA) is 117 Å². The van der Waals surface area contributed by atoms with E-state index >= 15 is 0 Å². The van der Waals surface area contributed by atoms with Gasteiger partial charge in [0.2, 0.25) is 5.91 Å². The zero-order valence-electron chi connectivity index (χ0n) is 23.6. The second-order valence-electron chi connectivity index (χ2n) is 10.7. The molecular weight excluding hydrogens is 596 g/mol. The number of hydrogen-bond acceptors (Lipinski definition) is 8. The Morgan fingerprint density at radius 3 is 2.69 bits per heavy atom. The van der Waals surface area contributed by atoms with Crippen molar-refractivity contribution in [3.8, 4) is 17.2 Å². The highest BCUT2D eigenvalue weighted by molar-refractivity contribution is 7.89. The predicted molar refractivity (Wildman–Crippen MR) is 167 cm³/mol. The maximum absolute atomic E-state index is 12.4. The van der Waals surface area contributed by atoms with Crippen molar-refractivity contribution in [1.29, 1.82) is 0 Å². The van der Waals surface area contributed by atoms with Gasteiger partial charge in [0.25, 0.3) is 0 Å². The number of imidazole rings is 1. The Bertz CT molecular complexity index is 1760. The molecule has 222 valence electrons. The van der Waals surface area contributed by atoms with E-state index in [4.69, 9.17) is 26.8 Å². The van der Waals surface area contributed by atoms with Gasteiger partial charge in [-0.2, -0.15) is 0 Å². The van der Waals surface area contributed by atoms with Crippen molar-refractivity contribution < 1.29 is 22.7 Å². The van der Waals surface area contributed by atoms with Gasteiger partial charge >= 0.3 is 0 Å². The molecule has 42 heavy (non-hydrogen) atoms. The molecule has 1 saturated heterocycles. The summed E-state index contributed by atoms with van der Waals surface area (Å²) < 4.78 is 38.0. The summed E-state index contributed by atoms with van der Waals surface area (Å²) in [5, 5.41) is 0.455. The molecule has 0 saturated carbocycles. The first-order chi connectivity index (χ1) is 19.9. The van der Waals surface area contributed by atoms with Crippen LogP contribution in [0.2, 0.25) is 5.02 Å². The monoisotopic (exact) mass is 628 g/mol. The molecule has 1 aliphatic rings. The van der Waals surface area contributed by atoms with Crippen LogP contribution in [-0.2, 0) is 15.6 Å². The van der Waals surface area contributed by atoms with Crippen LogP contribution < -0.4 is 15.2 Å². The Hall–Kier alpha value is -3.25. The van der Waals surface area contributed by atoms with Crippen LogP contribution in [-0.4, -0.2) is 61.3 Å². The van der Waals surface area contributed by atoms with Gasteiger partial charge < -0.3 is 20.1 Å². The van der Waals surface area contributed by atoms with Gasteiger partial charge in [0, 0.05) is 23.9 Å². The summed E-state index contributed by atoms with van der Waals surface area (Å²) in [7, 11) is -1.14. The summed E-state index contributed by atoms with van der Waals surface area (Å²) in [6, 6.07) is 14.5.